The van der Waals surface area contributed by atoms with E-state index in [4.69, 9.17) is 14.7 Å². The number of halogens is 1. The summed E-state index contributed by atoms with van der Waals surface area (Å²) in [6, 6.07) is 14.6. The number of hydrogen-bond acceptors (Lipinski definition) is 4. The summed E-state index contributed by atoms with van der Waals surface area (Å²) in [7, 11) is 1.55. The molecule has 2 aromatic carbocycles. The van der Waals surface area contributed by atoms with Gasteiger partial charge in [-0.15, -0.1) is 0 Å². The smallest absolute Gasteiger partial charge is 0.259 e. The first-order valence-electron chi connectivity index (χ1n) is 7.86. The molecule has 0 saturated carbocycles. The lowest BCUT2D eigenvalue weighted by Crippen LogP contribution is -2.32. The molecule has 0 heterocycles. The minimum absolute atomic E-state index is 0.204. The Morgan fingerprint density at radius 1 is 1.20 bits per heavy atom. The summed E-state index contributed by atoms with van der Waals surface area (Å²) in [5, 5.41) is 8.93. The highest BCUT2D eigenvalue weighted by Gasteiger charge is 2.20. The summed E-state index contributed by atoms with van der Waals surface area (Å²) in [6.07, 6.45) is 0.237. The second-order valence-corrected chi connectivity index (χ2v) is 5.99. The minimum atomic E-state index is -0.204. The van der Waals surface area contributed by atoms with Gasteiger partial charge in [-0.05, 0) is 65.3 Å². The van der Waals surface area contributed by atoms with Gasteiger partial charge in [0.25, 0.3) is 5.91 Å². The summed E-state index contributed by atoms with van der Waals surface area (Å²) in [6.45, 7) is 2.79. The van der Waals surface area contributed by atoms with Gasteiger partial charge in [-0.1, -0.05) is 0 Å². The topological polar surface area (TPSA) is 62.6 Å². The van der Waals surface area contributed by atoms with Crippen LogP contribution in [0, 0.1) is 11.3 Å². The molecular weight excluding hydrogens is 384 g/mol. The van der Waals surface area contributed by atoms with Gasteiger partial charge in [-0.3, -0.25) is 4.79 Å². The highest BCUT2D eigenvalue weighted by Crippen LogP contribution is 2.27. The van der Waals surface area contributed by atoms with Crippen molar-refractivity contribution >= 4 is 27.5 Å². The molecule has 0 aromatic heterocycles. The van der Waals surface area contributed by atoms with Crippen molar-refractivity contribution in [3.8, 4) is 17.6 Å². The van der Waals surface area contributed by atoms with Crippen LogP contribution in [0.2, 0.25) is 0 Å². The lowest BCUT2D eigenvalue weighted by Gasteiger charge is -2.23. The first kappa shape index (κ1) is 18.8. The van der Waals surface area contributed by atoms with Gasteiger partial charge in [0, 0.05) is 16.7 Å². The number of carbonyl (C=O) groups excluding carboxylic acids is 1. The number of anilines is 1. The number of methoxy groups -OCH3 is 1. The summed E-state index contributed by atoms with van der Waals surface area (Å²) >= 11 is 3.41. The third-order valence-corrected chi connectivity index (χ3v) is 4.25. The van der Waals surface area contributed by atoms with Crippen LogP contribution in [0.25, 0.3) is 0 Å². The predicted octanol–water partition coefficient (Wildman–Crippen LogP) is 4.42. The monoisotopic (exact) mass is 402 g/mol. The Morgan fingerprint density at radius 2 is 1.88 bits per heavy atom. The molecule has 2 aromatic rings. The molecular formula is C19H19BrN2O3. The van der Waals surface area contributed by atoms with Crippen molar-refractivity contribution in [1.29, 1.82) is 5.26 Å². The van der Waals surface area contributed by atoms with E-state index in [0.717, 1.165) is 5.75 Å². The van der Waals surface area contributed by atoms with Crippen molar-refractivity contribution in [1.82, 2.24) is 0 Å². The first-order chi connectivity index (χ1) is 12.1. The molecule has 0 radical (unpaired) electrons. The van der Waals surface area contributed by atoms with Gasteiger partial charge >= 0.3 is 0 Å². The van der Waals surface area contributed by atoms with Crippen LogP contribution in [0.3, 0.4) is 0 Å². The maximum atomic E-state index is 13.1. The number of benzene rings is 2. The summed E-state index contributed by atoms with van der Waals surface area (Å²) in [5.74, 6) is 1.13. The number of nitrogens with zero attached hydrogens (tertiary/aromatic N) is 2. The standard InChI is InChI=1S/C19H19BrN2O3/c1-3-25-15-7-5-14(6-8-15)22(12-4-11-21)19(23)17-13-16(24-2)9-10-18(17)20/h5-10,13H,3-4,12H2,1-2H3. The molecule has 0 atom stereocenters. The Hall–Kier alpha value is -2.52. The molecule has 2 rings (SSSR count). The van der Waals surface area contributed by atoms with Gasteiger partial charge in [-0.2, -0.15) is 5.26 Å². The van der Waals surface area contributed by atoms with E-state index < -0.39 is 0 Å². The van der Waals surface area contributed by atoms with E-state index in [9.17, 15) is 4.79 Å². The number of rotatable bonds is 7. The maximum absolute atomic E-state index is 13.1. The maximum Gasteiger partial charge on any atom is 0.259 e. The number of nitriles is 1. The molecule has 1 amide bonds. The van der Waals surface area contributed by atoms with E-state index in [1.165, 1.54) is 0 Å². The largest absolute Gasteiger partial charge is 0.497 e. The first-order valence-corrected chi connectivity index (χ1v) is 8.65. The van der Waals surface area contributed by atoms with Crippen LogP contribution in [0.4, 0.5) is 5.69 Å². The molecule has 0 aliphatic rings. The van der Waals surface area contributed by atoms with E-state index in [2.05, 4.69) is 22.0 Å². The Bertz CT molecular complexity index is 769. The molecule has 6 heteroatoms. The number of carbonyl (C=O) groups is 1. The predicted molar refractivity (Wildman–Crippen MR) is 100 cm³/mol. The van der Waals surface area contributed by atoms with Crippen LogP contribution in [0.15, 0.2) is 46.9 Å². The fraction of sp³-hybridized carbons (Fsp3) is 0.263. The van der Waals surface area contributed by atoms with Gasteiger partial charge in [0.15, 0.2) is 0 Å². The summed E-state index contributed by atoms with van der Waals surface area (Å²) in [4.78, 5) is 14.6. The Kier molecular flexibility index (Phi) is 6.84. The van der Waals surface area contributed by atoms with Crippen molar-refractivity contribution in [2.75, 3.05) is 25.2 Å². The SMILES string of the molecule is CCOc1ccc(N(CCC#N)C(=O)c2cc(OC)ccc2Br)cc1. The summed E-state index contributed by atoms with van der Waals surface area (Å²) in [5.41, 5.74) is 1.18. The molecule has 0 spiro atoms. The van der Waals surface area contributed by atoms with Gasteiger partial charge in [-0.25, -0.2) is 0 Å². The van der Waals surface area contributed by atoms with E-state index in [-0.39, 0.29) is 12.3 Å². The molecule has 0 N–H and O–H groups in total. The Balaban J connectivity index is 2.36. The van der Waals surface area contributed by atoms with Crippen molar-refractivity contribution in [3.63, 3.8) is 0 Å². The van der Waals surface area contributed by atoms with Crippen molar-refractivity contribution in [2.45, 2.75) is 13.3 Å². The Morgan fingerprint density at radius 3 is 2.48 bits per heavy atom. The van der Waals surface area contributed by atoms with Gasteiger partial charge < -0.3 is 14.4 Å². The number of hydrogen-bond donors (Lipinski definition) is 0. The summed E-state index contributed by atoms with van der Waals surface area (Å²) < 4.78 is 11.3. The molecule has 0 saturated heterocycles. The number of amides is 1. The van der Waals surface area contributed by atoms with E-state index in [0.29, 0.717) is 34.6 Å². The van der Waals surface area contributed by atoms with Crippen LogP contribution >= 0.6 is 15.9 Å². The fourth-order valence-corrected chi connectivity index (χ4v) is 2.76. The van der Waals surface area contributed by atoms with Crippen LogP contribution in [-0.4, -0.2) is 26.2 Å². The zero-order valence-electron chi connectivity index (χ0n) is 14.2. The zero-order valence-corrected chi connectivity index (χ0v) is 15.7. The zero-order chi connectivity index (χ0) is 18.2. The lowest BCUT2D eigenvalue weighted by atomic mass is 10.1. The van der Waals surface area contributed by atoms with Crippen LogP contribution in [-0.2, 0) is 0 Å². The van der Waals surface area contributed by atoms with Crippen molar-refractivity contribution in [2.24, 2.45) is 0 Å². The third kappa shape index (κ3) is 4.74. The highest BCUT2D eigenvalue weighted by molar-refractivity contribution is 9.10. The second kappa shape index (κ2) is 9.09. The highest BCUT2D eigenvalue weighted by atomic mass is 79.9. The third-order valence-electron chi connectivity index (χ3n) is 3.56. The molecule has 0 bridgehead atoms. The average molecular weight is 403 g/mol. The van der Waals surface area contributed by atoms with Crippen molar-refractivity contribution in [3.05, 3.63) is 52.5 Å². The molecule has 0 fully saturated rings. The Labute approximate surface area is 155 Å². The second-order valence-electron chi connectivity index (χ2n) is 5.14. The lowest BCUT2D eigenvalue weighted by molar-refractivity contribution is 0.0986. The minimum Gasteiger partial charge on any atom is -0.497 e. The van der Waals surface area contributed by atoms with Crippen molar-refractivity contribution < 1.29 is 14.3 Å². The van der Waals surface area contributed by atoms with Crippen LogP contribution in [0.1, 0.15) is 23.7 Å². The normalized spacial score (nSPS) is 10.0. The molecule has 25 heavy (non-hydrogen) atoms. The van der Waals surface area contributed by atoms with Gasteiger partial charge in [0.1, 0.15) is 11.5 Å². The van der Waals surface area contributed by atoms with Gasteiger partial charge in [0.2, 0.25) is 0 Å². The van der Waals surface area contributed by atoms with E-state index in [1.54, 1.807) is 30.2 Å². The van der Waals surface area contributed by atoms with E-state index in [1.807, 2.05) is 31.2 Å². The molecule has 130 valence electrons. The van der Waals surface area contributed by atoms with E-state index >= 15 is 0 Å². The molecule has 0 aliphatic heterocycles. The average Bonchev–Trinajstić information content (AvgIpc) is 2.63. The quantitative estimate of drug-likeness (QED) is 0.687. The number of ether oxygens (including phenoxy) is 2. The van der Waals surface area contributed by atoms with Crippen LogP contribution < -0.4 is 14.4 Å². The molecule has 0 unspecified atom stereocenters. The molecule has 0 aliphatic carbocycles. The molecule has 5 nitrogen and oxygen atoms in total. The van der Waals surface area contributed by atoms with Gasteiger partial charge in [0.05, 0.1) is 31.8 Å². The fourth-order valence-electron chi connectivity index (χ4n) is 2.34. The van der Waals surface area contributed by atoms with Crippen LogP contribution in [0.5, 0.6) is 11.5 Å².